The Morgan fingerprint density at radius 1 is 1.20 bits per heavy atom. The van der Waals surface area contributed by atoms with Crippen LogP contribution in [0.4, 0.5) is 0 Å². The van der Waals surface area contributed by atoms with E-state index in [4.69, 9.17) is 4.74 Å². The molecule has 3 heteroatoms. The van der Waals surface area contributed by atoms with Gasteiger partial charge in [0.05, 0.1) is 6.61 Å². The van der Waals surface area contributed by atoms with Gasteiger partial charge in [0.2, 0.25) is 0 Å². The Morgan fingerprint density at radius 3 is 2.53 bits per heavy atom. The number of rotatable bonds is 7. The Kier molecular flexibility index (Phi) is 6.98. The minimum Gasteiger partial charge on any atom is -0.380 e. The highest BCUT2D eigenvalue weighted by molar-refractivity contribution is 4.76. The molecule has 0 aliphatic carbocycles. The minimum atomic E-state index is 0.753. The number of nitrogens with zero attached hydrogens (tertiary/aromatic N) is 1. The molecule has 90 valence electrons. The zero-order valence-electron chi connectivity index (χ0n) is 10.3. The zero-order valence-corrected chi connectivity index (χ0v) is 10.3. The van der Waals surface area contributed by atoms with Crippen molar-refractivity contribution >= 4 is 0 Å². The Labute approximate surface area is 94.2 Å². The molecule has 0 aromatic rings. The SMILES string of the molecule is CCCOCCN1CCC(NCC)CC1. The summed E-state index contributed by atoms with van der Waals surface area (Å²) < 4.78 is 5.50. The summed E-state index contributed by atoms with van der Waals surface area (Å²) in [5, 5.41) is 3.52. The maximum absolute atomic E-state index is 5.50. The van der Waals surface area contributed by atoms with Crippen LogP contribution < -0.4 is 5.32 Å². The molecule has 0 amide bonds. The average molecular weight is 214 g/mol. The van der Waals surface area contributed by atoms with Crippen molar-refractivity contribution in [2.45, 2.75) is 39.2 Å². The van der Waals surface area contributed by atoms with Gasteiger partial charge >= 0.3 is 0 Å². The van der Waals surface area contributed by atoms with Gasteiger partial charge in [0.15, 0.2) is 0 Å². The molecule has 0 bridgehead atoms. The molecule has 0 aromatic heterocycles. The highest BCUT2D eigenvalue weighted by Crippen LogP contribution is 2.09. The van der Waals surface area contributed by atoms with Gasteiger partial charge in [-0.2, -0.15) is 0 Å². The normalized spacial score (nSPS) is 19.6. The van der Waals surface area contributed by atoms with Crippen LogP contribution in [-0.4, -0.2) is 50.3 Å². The first-order valence-corrected chi connectivity index (χ1v) is 6.40. The van der Waals surface area contributed by atoms with E-state index in [0.717, 1.165) is 38.8 Å². The lowest BCUT2D eigenvalue weighted by Gasteiger charge is -2.32. The number of hydrogen-bond acceptors (Lipinski definition) is 3. The summed E-state index contributed by atoms with van der Waals surface area (Å²) in [5.74, 6) is 0. The van der Waals surface area contributed by atoms with Gasteiger partial charge in [0.25, 0.3) is 0 Å². The van der Waals surface area contributed by atoms with Gasteiger partial charge in [-0.05, 0) is 38.9 Å². The van der Waals surface area contributed by atoms with Gasteiger partial charge < -0.3 is 15.0 Å². The Hall–Kier alpha value is -0.120. The van der Waals surface area contributed by atoms with Gasteiger partial charge in [-0.25, -0.2) is 0 Å². The molecule has 1 heterocycles. The second kappa shape index (κ2) is 8.08. The van der Waals surface area contributed by atoms with Crippen LogP contribution in [0, 0.1) is 0 Å². The minimum absolute atomic E-state index is 0.753. The van der Waals surface area contributed by atoms with Crippen LogP contribution >= 0.6 is 0 Å². The van der Waals surface area contributed by atoms with Gasteiger partial charge in [0, 0.05) is 19.2 Å². The third-order valence-corrected chi connectivity index (χ3v) is 2.98. The fraction of sp³-hybridized carbons (Fsp3) is 1.00. The van der Waals surface area contributed by atoms with Gasteiger partial charge in [-0.3, -0.25) is 0 Å². The summed E-state index contributed by atoms with van der Waals surface area (Å²) in [6.07, 6.45) is 3.71. The van der Waals surface area contributed by atoms with Crippen molar-refractivity contribution in [2.24, 2.45) is 0 Å². The third-order valence-electron chi connectivity index (χ3n) is 2.98. The second-order valence-electron chi connectivity index (χ2n) is 4.29. The molecule has 1 aliphatic rings. The van der Waals surface area contributed by atoms with Crippen LogP contribution in [0.5, 0.6) is 0 Å². The number of likely N-dealkylation sites (tertiary alicyclic amines) is 1. The van der Waals surface area contributed by atoms with E-state index >= 15 is 0 Å². The molecule has 1 rings (SSSR count). The van der Waals surface area contributed by atoms with Crippen LogP contribution in [0.15, 0.2) is 0 Å². The molecule has 0 saturated carbocycles. The highest BCUT2D eigenvalue weighted by Gasteiger charge is 2.17. The van der Waals surface area contributed by atoms with E-state index in [9.17, 15) is 0 Å². The van der Waals surface area contributed by atoms with Crippen molar-refractivity contribution in [1.29, 1.82) is 0 Å². The van der Waals surface area contributed by atoms with Crippen LogP contribution in [0.3, 0.4) is 0 Å². The number of ether oxygens (including phenoxy) is 1. The Balaban J connectivity index is 1.99. The molecule has 0 unspecified atom stereocenters. The Morgan fingerprint density at radius 2 is 1.93 bits per heavy atom. The topological polar surface area (TPSA) is 24.5 Å². The third kappa shape index (κ3) is 5.50. The summed E-state index contributed by atoms with van der Waals surface area (Å²) in [7, 11) is 0. The van der Waals surface area contributed by atoms with E-state index in [1.807, 2.05) is 0 Å². The molecule has 1 N–H and O–H groups in total. The molecule has 1 aliphatic heterocycles. The zero-order chi connectivity index (χ0) is 10.9. The van der Waals surface area contributed by atoms with Crippen molar-refractivity contribution in [3.05, 3.63) is 0 Å². The number of piperidine rings is 1. The van der Waals surface area contributed by atoms with Crippen LogP contribution in [-0.2, 0) is 4.74 Å². The summed E-state index contributed by atoms with van der Waals surface area (Å²) in [6, 6.07) is 0.753. The maximum atomic E-state index is 5.50. The smallest absolute Gasteiger partial charge is 0.0593 e. The van der Waals surface area contributed by atoms with E-state index in [1.54, 1.807) is 0 Å². The average Bonchev–Trinajstić information content (AvgIpc) is 2.27. The Bertz CT molecular complexity index is 142. The van der Waals surface area contributed by atoms with Crippen molar-refractivity contribution in [1.82, 2.24) is 10.2 Å². The first-order chi connectivity index (χ1) is 7.36. The largest absolute Gasteiger partial charge is 0.380 e. The standard InChI is InChI=1S/C12H26N2O/c1-3-10-15-11-9-14-7-5-12(6-8-14)13-4-2/h12-13H,3-11H2,1-2H3. The van der Waals surface area contributed by atoms with E-state index in [2.05, 4.69) is 24.1 Å². The molecule has 3 nitrogen and oxygen atoms in total. The van der Waals surface area contributed by atoms with Crippen LogP contribution in [0.1, 0.15) is 33.1 Å². The molecule has 1 fully saturated rings. The van der Waals surface area contributed by atoms with Crippen LogP contribution in [0.25, 0.3) is 0 Å². The molecule has 0 atom stereocenters. The fourth-order valence-corrected chi connectivity index (χ4v) is 2.09. The van der Waals surface area contributed by atoms with Gasteiger partial charge in [0.1, 0.15) is 0 Å². The lowest BCUT2D eigenvalue weighted by molar-refractivity contribution is 0.0923. The van der Waals surface area contributed by atoms with E-state index in [0.29, 0.717) is 0 Å². The quantitative estimate of drug-likeness (QED) is 0.650. The monoisotopic (exact) mass is 214 g/mol. The van der Waals surface area contributed by atoms with Crippen molar-refractivity contribution < 1.29 is 4.74 Å². The lowest BCUT2D eigenvalue weighted by Crippen LogP contribution is -2.43. The molecule has 0 spiro atoms. The highest BCUT2D eigenvalue weighted by atomic mass is 16.5. The first kappa shape index (κ1) is 12.9. The summed E-state index contributed by atoms with van der Waals surface area (Å²) in [4.78, 5) is 2.52. The van der Waals surface area contributed by atoms with Crippen molar-refractivity contribution in [3.63, 3.8) is 0 Å². The maximum Gasteiger partial charge on any atom is 0.0593 e. The number of nitrogens with one attached hydrogen (secondary N) is 1. The molecule has 1 saturated heterocycles. The lowest BCUT2D eigenvalue weighted by atomic mass is 10.1. The van der Waals surface area contributed by atoms with E-state index < -0.39 is 0 Å². The predicted molar refractivity (Wildman–Crippen MR) is 64.2 cm³/mol. The van der Waals surface area contributed by atoms with Gasteiger partial charge in [-0.1, -0.05) is 13.8 Å². The molecular formula is C12H26N2O. The number of hydrogen-bond donors (Lipinski definition) is 1. The van der Waals surface area contributed by atoms with Crippen molar-refractivity contribution in [3.8, 4) is 0 Å². The molecule has 0 aromatic carbocycles. The molecule has 15 heavy (non-hydrogen) atoms. The fourth-order valence-electron chi connectivity index (χ4n) is 2.09. The van der Waals surface area contributed by atoms with E-state index in [-0.39, 0.29) is 0 Å². The van der Waals surface area contributed by atoms with Gasteiger partial charge in [-0.15, -0.1) is 0 Å². The summed E-state index contributed by atoms with van der Waals surface area (Å²) in [6.45, 7) is 10.8. The molecular weight excluding hydrogens is 188 g/mol. The summed E-state index contributed by atoms with van der Waals surface area (Å²) >= 11 is 0. The van der Waals surface area contributed by atoms with Crippen molar-refractivity contribution in [2.75, 3.05) is 39.4 Å². The summed E-state index contributed by atoms with van der Waals surface area (Å²) in [5.41, 5.74) is 0. The van der Waals surface area contributed by atoms with Crippen LogP contribution in [0.2, 0.25) is 0 Å². The van der Waals surface area contributed by atoms with E-state index in [1.165, 1.54) is 25.9 Å². The molecule has 0 radical (unpaired) electrons. The predicted octanol–water partition coefficient (Wildman–Crippen LogP) is 1.49. The first-order valence-electron chi connectivity index (χ1n) is 6.40. The second-order valence-corrected chi connectivity index (χ2v) is 4.29.